The largest absolute Gasteiger partial charge is 0.433 e. The van der Waals surface area contributed by atoms with E-state index in [1.807, 2.05) is 23.1 Å². The van der Waals surface area contributed by atoms with Gasteiger partial charge >= 0.3 is 6.18 Å². The Morgan fingerprint density at radius 3 is 2.47 bits per heavy atom. The zero-order chi connectivity index (χ0) is 23.4. The van der Waals surface area contributed by atoms with Crippen LogP contribution >= 0.6 is 11.6 Å². The van der Waals surface area contributed by atoms with Gasteiger partial charge < -0.3 is 4.90 Å². The van der Waals surface area contributed by atoms with E-state index in [2.05, 4.69) is 24.6 Å². The molecule has 1 saturated heterocycles. The van der Waals surface area contributed by atoms with Crippen molar-refractivity contribution in [3.63, 3.8) is 0 Å². The Morgan fingerprint density at radius 2 is 1.74 bits per heavy atom. The molecule has 0 N–H and O–H groups in total. The summed E-state index contributed by atoms with van der Waals surface area (Å²) < 4.78 is 41.5. The molecule has 6 rings (SSSR count). The van der Waals surface area contributed by atoms with Crippen LogP contribution < -0.4 is 4.90 Å². The third-order valence-corrected chi connectivity index (χ3v) is 7.26. The number of alkyl halides is 3. The lowest BCUT2D eigenvalue weighted by molar-refractivity contribution is -0.141. The van der Waals surface area contributed by atoms with Crippen molar-refractivity contribution in [3.05, 3.63) is 64.3 Å². The average molecular weight is 489 g/mol. The van der Waals surface area contributed by atoms with Gasteiger partial charge in [0.2, 0.25) is 0 Å². The highest BCUT2D eigenvalue weighted by atomic mass is 35.5. The summed E-state index contributed by atoms with van der Waals surface area (Å²) in [6, 6.07) is 10.6. The van der Waals surface area contributed by atoms with Gasteiger partial charge in [-0.2, -0.15) is 13.2 Å². The minimum absolute atomic E-state index is 0.166. The second-order valence-corrected chi connectivity index (χ2v) is 9.80. The summed E-state index contributed by atoms with van der Waals surface area (Å²) in [7, 11) is 0. The topological polar surface area (TPSA) is 50.1 Å². The van der Waals surface area contributed by atoms with Gasteiger partial charge in [0.05, 0.1) is 12.2 Å². The number of benzene rings is 1. The lowest BCUT2D eigenvalue weighted by Crippen LogP contribution is -2.34. The number of hydrogen-bond donors (Lipinski definition) is 0. The lowest BCUT2D eigenvalue weighted by Gasteiger charge is -2.32. The van der Waals surface area contributed by atoms with Crippen molar-refractivity contribution in [3.8, 4) is 5.69 Å². The third-order valence-electron chi connectivity index (χ3n) is 7.03. The molecule has 4 heterocycles. The summed E-state index contributed by atoms with van der Waals surface area (Å²) in [5.74, 6) is 2.39. The van der Waals surface area contributed by atoms with E-state index in [0.717, 1.165) is 54.4 Å². The highest BCUT2D eigenvalue weighted by Gasteiger charge is 2.36. The molecule has 1 saturated carbocycles. The molecule has 3 aromatic rings. The molecule has 178 valence electrons. The first-order valence-corrected chi connectivity index (χ1v) is 12.0. The maximum atomic E-state index is 13.1. The highest BCUT2D eigenvalue weighted by Crippen LogP contribution is 2.37. The fourth-order valence-electron chi connectivity index (χ4n) is 5.14. The van der Waals surface area contributed by atoms with Gasteiger partial charge in [-0.05, 0) is 61.6 Å². The van der Waals surface area contributed by atoms with Crippen LogP contribution in [0.3, 0.4) is 0 Å². The second-order valence-electron chi connectivity index (χ2n) is 9.36. The Morgan fingerprint density at radius 1 is 0.941 bits per heavy atom. The van der Waals surface area contributed by atoms with Crippen LogP contribution in [0.5, 0.6) is 0 Å². The molecule has 1 aliphatic carbocycles. The summed E-state index contributed by atoms with van der Waals surface area (Å²) in [5, 5.41) is 9.91. The fourth-order valence-corrected chi connectivity index (χ4v) is 5.33. The molecule has 10 heteroatoms. The molecule has 0 atom stereocenters. The number of halogens is 4. The first-order valence-electron chi connectivity index (χ1n) is 11.6. The highest BCUT2D eigenvalue weighted by molar-refractivity contribution is 6.30. The summed E-state index contributed by atoms with van der Waals surface area (Å²) in [4.78, 5) is 8.23. The number of nitrogens with zero attached hydrogens (tertiary/aromatic N) is 6. The Bertz CT molecular complexity index is 1210. The van der Waals surface area contributed by atoms with Crippen LogP contribution in [-0.2, 0) is 19.3 Å². The molecule has 0 bridgehead atoms. The summed E-state index contributed by atoms with van der Waals surface area (Å²) >= 11 is 6.34. The van der Waals surface area contributed by atoms with Gasteiger partial charge in [0.15, 0.2) is 5.82 Å². The number of rotatable bonds is 3. The predicted octanol–water partition coefficient (Wildman–Crippen LogP) is 5.20. The zero-order valence-corrected chi connectivity index (χ0v) is 19.2. The van der Waals surface area contributed by atoms with Gasteiger partial charge in [-0.25, -0.2) is 4.98 Å². The molecule has 0 amide bonds. The van der Waals surface area contributed by atoms with Crippen LogP contribution in [0.15, 0.2) is 36.4 Å². The van der Waals surface area contributed by atoms with E-state index in [4.69, 9.17) is 11.6 Å². The van der Waals surface area contributed by atoms with Crippen molar-refractivity contribution in [2.45, 2.75) is 56.9 Å². The molecule has 3 aliphatic rings. The van der Waals surface area contributed by atoms with E-state index >= 15 is 0 Å². The smallest absolute Gasteiger partial charge is 0.357 e. The Kier molecular flexibility index (Phi) is 5.29. The summed E-state index contributed by atoms with van der Waals surface area (Å²) in [6.45, 7) is 2.81. The van der Waals surface area contributed by atoms with Crippen LogP contribution in [0.4, 0.5) is 19.0 Å². The predicted molar refractivity (Wildman–Crippen MR) is 122 cm³/mol. The molecule has 6 nitrogen and oxygen atoms in total. The lowest BCUT2D eigenvalue weighted by atomic mass is 9.95. The Hall–Kier alpha value is -2.65. The standard InChI is InChI=1S/C24H24ClF3N6/c25-17-4-7-19-16(12-17)13-33(18-5-6-18)14-22-30-31-23(34(19)22)15-8-10-32(11-9-15)21-3-1-2-20(29-21)24(26,27)28/h1-4,7,12,15,18H,5-6,8-11,13-14H2. The molecule has 1 aromatic carbocycles. The van der Waals surface area contributed by atoms with E-state index in [1.54, 1.807) is 6.07 Å². The molecule has 0 radical (unpaired) electrons. The van der Waals surface area contributed by atoms with Crippen molar-refractivity contribution in [2.24, 2.45) is 0 Å². The zero-order valence-electron chi connectivity index (χ0n) is 18.5. The van der Waals surface area contributed by atoms with E-state index in [9.17, 15) is 13.2 Å². The number of pyridine rings is 1. The minimum Gasteiger partial charge on any atom is -0.357 e. The molecule has 0 spiro atoms. The second kappa shape index (κ2) is 8.23. The molecule has 2 fully saturated rings. The normalized spacial score (nSPS) is 19.6. The molecule has 0 unspecified atom stereocenters. The van der Waals surface area contributed by atoms with Gasteiger partial charge in [-0.15, -0.1) is 10.2 Å². The van der Waals surface area contributed by atoms with E-state index in [0.29, 0.717) is 24.9 Å². The van der Waals surface area contributed by atoms with Crippen molar-refractivity contribution in [1.29, 1.82) is 0 Å². The maximum absolute atomic E-state index is 13.1. The van der Waals surface area contributed by atoms with Crippen molar-refractivity contribution in [1.82, 2.24) is 24.6 Å². The van der Waals surface area contributed by atoms with E-state index in [1.165, 1.54) is 24.5 Å². The number of fused-ring (bicyclic) bond motifs is 3. The van der Waals surface area contributed by atoms with Crippen molar-refractivity contribution in [2.75, 3.05) is 18.0 Å². The quantitative estimate of drug-likeness (QED) is 0.507. The van der Waals surface area contributed by atoms with Gasteiger partial charge in [0, 0.05) is 36.6 Å². The molecule has 2 aliphatic heterocycles. The fraction of sp³-hybridized carbons (Fsp3) is 0.458. The molecular weight excluding hydrogens is 465 g/mol. The van der Waals surface area contributed by atoms with Crippen LogP contribution in [0, 0.1) is 0 Å². The first-order chi connectivity index (χ1) is 16.4. The van der Waals surface area contributed by atoms with Gasteiger partial charge in [-0.3, -0.25) is 9.47 Å². The molecule has 2 aromatic heterocycles. The van der Waals surface area contributed by atoms with Gasteiger partial charge in [0.1, 0.15) is 17.3 Å². The molecule has 34 heavy (non-hydrogen) atoms. The first kappa shape index (κ1) is 21.9. The van der Waals surface area contributed by atoms with Crippen LogP contribution in [0.1, 0.15) is 54.5 Å². The van der Waals surface area contributed by atoms with Gasteiger partial charge in [0.25, 0.3) is 0 Å². The van der Waals surface area contributed by atoms with E-state index in [-0.39, 0.29) is 5.92 Å². The summed E-state index contributed by atoms with van der Waals surface area (Å²) in [6.07, 6.45) is -0.493. The molecular formula is C24H24ClF3N6. The SMILES string of the molecule is FC(F)(F)c1cccc(N2CCC(c3nnc4n3-c3ccc(Cl)cc3CN(C3CC3)C4)CC2)n1. The van der Waals surface area contributed by atoms with E-state index < -0.39 is 11.9 Å². The Labute approximate surface area is 200 Å². The number of anilines is 1. The van der Waals surface area contributed by atoms with Crippen LogP contribution in [-0.4, -0.2) is 43.8 Å². The monoisotopic (exact) mass is 488 g/mol. The third kappa shape index (κ3) is 4.05. The maximum Gasteiger partial charge on any atom is 0.433 e. The number of piperidine rings is 1. The number of hydrogen-bond acceptors (Lipinski definition) is 5. The van der Waals surface area contributed by atoms with Crippen LogP contribution in [0.2, 0.25) is 5.02 Å². The minimum atomic E-state index is -4.45. The summed E-state index contributed by atoms with van der Waals surface area (Å²) in [5.41, 5.74) is 1.39. The Balaban J connectivity index is 1.27. The number of aromatic nitrogens is 4. The van der Waals surface area contributed by atoms with Crippen molar-refractivity contribution < 1.29 is 13.2 Å². The van der Waals surface area contributed by atoms with Gasteiger partial charge in [-0.1, -0.05) is 17.7 Å². The van der Waals surface area contributed by atoms with Crippen molar-refractivity contribution >= 4 is 17.4 Å². The average Bonchev–Trinajstić information content (AvgIpc) is 3.61. The van der Waals surface area contributed by atoms with Crippen LogP contribution in [0.25, 0.3) is 5.69 Å².